The number of rotatable bonds is 6. The first-order chi connectivity index (χ1) is 10.1. The summed E-state index contributed by atoms with van der Waals surface area (Å²) in [7, 11) is 0. The van der Waals surface area contributed by atoms with Crippen molar-refractivity contribution in [2.75, 3.05) is 0 Å². The second-order valence-electron chi connectivity index (χ2n) is 5.40. The molecule has 0 fully saturated rings. The molecule has 0 amide bonds. The van der Waals surface area contributed by atoms with Gasteiger partial charge in [0.25, 0.3) is 0 Å². The lowest BCUT2D eigenvalue weighted by Crippen LogP contribution is -2.21. The van der Waals surface area contributed by atoms with Crippen LogP contribution in [0.2, 0.25) is 5.02 Å². The van der Waals surface area contributed by atoms with Crippen molar-refractivity contribution < 1.29 is 4.74 Å². The van der Waals surface area contributed by atoms with E-state index >= 15 is 0 Å². The molecule has 2 nitrogen and oxygen atoms in total. The normalized spacial score (nSPS) is 12.2. The monoisotopic (exact) mass is 303 g/mol. The minimum Gasteiger partial charge on any atom is -0.489 e. The zero-order chi connectivity index (χ0) is 15.2. The van der Waals surface area contributed by atoms with E-state index in [4.69, 9.17) is 22.1 Å². The van der Waals surface area contributed by atoms with Gasteiger partial charge in [-0.3, -0.25) is 0 Å². The van der Waals surface area contributed by atoms with E-state index in [-0.39, 0.29) is 6.04 Å². The molecule has 21 heavy (non-hydrogen) atoms. The molecule has 0 spiro atoms. The Morgan fingerprint density at radius 2 is 2.00 bits per heavy atom. The van der Waals surface area contributed by atoms with Crippen molar-refractivity contribution in [1.29, 1.82) is 0 Å². The molecule has 0 aromatic heterocycles. The maximum absolute atomic E-state index is 6.09. The summed E-state index contributed by atoms with van der Waals surface area (Å²) in [6.07, 6.45) is 1.71. The molecule has 0 bridgehead atoms. The van der Waals surface area contributed by atoms with Gasteiger partial charge in [-0.25, -0.2) is 0 Å². The molecule has 0 heterocycles. The molecule has 0 aliphatic heterocycles. The third-order valence-corrected chi connectivity index (χ3v) is 3.74. The van der Waals surface area contributed by atoms with Crippen LogP contribution in [0.25, 0.3) is 0 Å². The first-order valence-corrected chi connectivity index (χ1v) is 7.68. The van der Waals surface area contributed by atoms with Gasteiger partial charge in [-0.1, -0.05) is 48.4 Å². The summed E-state index contributed by atoms with van der Waals surface area (Å²) in [5.41, 5.74) is 9.53. The lowest BCUT2D eigenvalue weighted by atomic mass is 10.0. The molecule has 0 saturated heterocycles. The Bertz CT molecular complexity index is 598. The molecular formula is C18H22ClNO. The second kappa shape index (κ2) is 7.48. The SMILES string of the molecule is CCC(N)Cc1cc(Cl)ccc1OCc1cccc(C)c1. The third kappa shape index (κ3) is 4.76. The molecular weight excluding hydrogens is 282 g/mol. The van der Waals surface area contributed by atoms with E-state index < -0.39 is 0 Å². The number of benzene rings is 2. The summed E-state index contributed by atoms with van der Waals surface area (Å²) in [4.78, 5) is 0. The number of hydrogen-bond acceptors (Lipinski definition) is 2. The molecule has 0 aliphatic carbocycles. The highest BCUT2D eigenvalue weighted by molar-refractivity contribution is 6.30. The minimum absolute atomic E-state index is 0.129. The van der Waals surface area contributed by atoms with Gasteiger partial charge in [0.05, 0.1) is 0 Å². The Kier molecular flexibility index (Phi) is 5.66. The van der Waals surface area contributed by atoms with Crippen molar-refractivity contribution in [2.24, 2.45) is 5.73 Å². The predicted molar refractivity (Wildman–Crippen MR) is 88.9 cm³/mol. The summed E-state index contributed by atoms with van der Waals surface area (Å²) in [6.45, 7) is 4.72. The maximum Gasteiger partial charge on any atom is 0.123 e. The third-order valence-electron chi connectivity index (χ3n) is 3.51. The van der Waals surface area contributed by atoms with Crippen LogP contribution < -0.4 is 10.5 Å². The van der Waals surface area contributed by atoms with Crippen LogP contribution in [0.4, 0.5) is 0 Å². The van der Waals surface area contributed by atoms with E-state index in [1.54, 1.807) is 0 Å². The molecule has 2 aromatic rings. The topological polar surface area (TPSA) is 35.2 Å². The average Bonchev–Trinajstić information content (AvgIpc) is 2.46. The quantitative estimate of drug-likeness (QED) is 0.852. The van der Waals surface area contributed by atoms with Crippen molar-refractivity contribution in [3.05, 3.63) is 64.2 Å². The molecule has 3 heteroatoms. The van der Waals surface area contributed by atoms with Gasteiger partial charge < -0.3 is 10.5 Å². The van der Waals surface area contributed by atoms with Crippen molar-refractivity contribution in [2.45, 2.75) is 39.3 Å². The Balaban J connectivity index is 2.11. The summed E-state index contributed by atoms with van der Waals surface area (Å²) >= 11 is 6.09. The fraction of sp³-hybridized carbons (Fsp3) is 0.333. The van der Waals surface area contributed by atoms with Crippen LogP contribution in [0.15, 0.2) is 42.5 Å². The van der Waals surface area contributed by atoms with Crippen LogP contribution in [-0.2, 0) is 13.0 Å². The summed E-state index contributed by atoms with van der Waals surface area (Å²) < 4.78 is 5.96. The number of ether oxygens (including phenoxy) is 1. The maximum atomic E-state index is 6.09. The number of aryl methyl sites for hydroxylation is 1. The molecule has 2 aromatic carbocycles. The highest BCUT2D eigenvalue weighted by atomic mass is 35.5. The Morgan fingerprint density at radius 1 is 1.19 bits per heavy atom. The highest BCUT2D eigenvalue weighted by Gasteiger charge is 2.09. The summed E-state index contributed by atoms with van der Waals surface area (Å²) in [5, 5.41) is 0.719. The van der Waals surface area contributed by atoms with Crippen molar-refractivity contribution in [3.63, 3.8) is 0 Å². The number of halogens is 1. The van der Waals surface area contributed by atoms with Gasteiger partial charge in [-0.2, -0.15) is 0 Å². The second-order valence-corrected chi connectivity index (χ2v) is 5.84. The average molecular weight is 304 g/mol. The van der Waals surface area contributed by atoms with E-state index in [0.29, 0.717) is 6.61 Å². The molecule has 1 unspecified atom stereocenters. The lowest BCUT2D eigenvalue weighted by molar-refractivity contribution is 0.302. The minimum atomic E-state index is 0.129. The van der Waals surface area contributed by atoms with Crippen LogP contribution in [-0.4, -0.2) is 6.04 Å². The van der Waals surface area contributed by atoms with Gasteiger partial charge in [0.1, 0.15) is 12.4 Å². The van der Waals surface area contributed by atoms with Gasteiger partial charge in [-0.15, -0.1) is 0 Å². The molecule has 112 valence electrons. The number of nitrogens with two attached hydrogens (primary N) is 1. The zero-order valence-electron chi connectivity index (χ0n) is 12.6. The van der Waals surface area contributed by atoms with Crippen LogP contribution in [0.5, 0.6) is 5.75 Å². The number of hydrogen-bond donors (Lipinski definition) is 1. The van der Waals surface area contributed by atoms with Gasteiger partial charge in [0.2, 0.25) is 0 Å². The van der Waals surface area contributed by atoms with Crippen LogP contribution >= 0.6 is 11.6 Å². The smallest absolute Gasteiger partial charge is 0.123 e. The fourth-order valence-corrected chi connectivity index (χ4v) is 2.43. The van der Waals surface area contributed by atoms with Gasteiger partial charge >= 0.3 is 0 Å². The van der Waals surface area contributed by atoms with E-state index in [0.717, 1.165) is 34.7 Å². The van der Waals surface area contributed by atoms with Crippen molar-refractivity contribution in [1.82, 2.24) is 0 Å². The summed E-state index contributed by atoms with van der Waals surface area (Å²) in [5.74, 6) is 0.866. The van der Waals surface area contributed by atoms with Crippen molar-refractivity contribution in [3.8, 4) is 5.75 Å². The van der Waals surface area contributed by atoms with Crippen LogP contribution in [0.3, 0.4) is 0 Å². The van der Waals surface area contributed by atoms with Gasteiger partial charge in [0.15, 0.2) is 0 Å². The first-order valence-electron chi connectivity index (χ1n) is 7.31. The highest BCUT2D eigenvalue weighted by Crippen LogP contribution is 2.25. The molecule has 0 aliphatic rings. The standard InChI is InChI=1S/C18H22ClNO/c1-3-17(20)11-15-10-16(19)7-8-18(15)21-12-14-6-4-5-13(2)9-14/h4-10,17H,3,11-12,20H2,1-2H3. The summed E-state index contributed by atoms with van der Waals surface area (Å²) in [6, 6.07) is 14.2. The van der Waals surface area contributed by atoms with E-state index in [1.807, 2.05) is 24.3 Å². The molecule has 2 rings (SSSR count). The first kappa shape index (κ1) is 15.9. The zero-order valence-corrected chi connectivity index (χ0v) is 13.4. The Labute approximate surface area is 131 Å². The van der Waals surface area contributed by atoms with Crippen molar-refractivity contribution >= 4 is 11.6 Å². The van der Waals surface area contributed by atoms with E-state index in [2.05, 4.69) is 32.0 Å². The lowest BCUT2D eigenvalue weighted by Gasteiger charge is -2.15. The Morgan fingerprint density at radius 3 is 2.71 bits per heavy atom. The predicted octanol–water partition coefficient (Wildman–Crippen LogP) is 4.51. The van der Waals surface area contributed by atoms with Gasteiger partial charge in [-0.05, 0) is 49.1 Å². The largest absolute Gasteiger partial charge is 0.489 e. The van der Waals surface area contributed by atoms with E-state index in [9.17, 15) is 0 Å². The van der Waals surface area contributed by atoms with Crippen LogP contribution in [0.1, 0.15) is 30.0 Å². The molecule has 0 saturated carbocycles. The molecule has 2 N–H and O–H groups in total. The van der Waals surface area contributed by atoms with Crippen LogP contribution in [0, 0.1) is 6.92 Å². The fourth-order valence-electron chi connectivity index (χ4n) is 2.24. The molecule has 1 atom stereocenters. The van der Waals surface area contributed by atoms with Gasteiger partial charge in [0, 0.05) is 11.1 Å². The van der Waals surface area contributed by atoms with E-state index in [1.165, 1.54) is 5.56 Å². The molecule has 0 radical (unpaired) electrons. The Hall–Kier alpha value is -1.51.